The van der Waals surface area contributed by atoms with E-state index >= 15 is 0 Å². The molecule has 1 saturated heterocycles. The molecule has 0 radical (unpaired) electrons. The molecular formula is C13H24N2O2. The summed E-state index contributed by atoms with van der Waals surface area (Å²) in [4.78, 5) is 14.5. The average Bonchev–Trinajstić information content (AvgIpc) is 2.78. The van der Waals surface area contributed by atoms with Gasteiger partial charge in [-0.25, -0.2) is 0 Å². The molecule has 1 aliphatic heterocycles. The topological polar surface area (TPSA) is 52.6 Å². The second-order valence-corrected chi connectivity index (χ2v) is 5.39. The first-order chi connectivity index (χ1) is 8.22. The molecule has 2 rings (SSSR count). The lowest BCUT2D eigenvalue weighted by Crippen LogP contribution is -2.48. The molecule has 98 valence electrons. The predicted octanol–water partition coefficient (Wildman–Crippen LogP) is 0.890. The van der Waals surface area contributed by atoms with Crippen molar-refractivity contribution in [1.29, 1.82) is 0 Å². The SMILES string of the molecule is CC1CCN(C2CCCC2)C(=O)C(CCO)N1. The van der Waals surface area contributed by atoms with Gasteiger partial charge in [-0.1, -0.05) is 12.8 Å². The van der Waals surface area contributed by atoms with Crippen LogP contribution in [0.5, 0.6) is 0 Å². The third kappa shape index (κ3) is 2.99. The van der Waals surface area contributed by atoms with Crippen LogP contribution in [0.2, 0.25) is 0 Å². The van der Waals surface area contributed by atoms with Gasteiger partial charge in [0.25, 0.3) is 0 Å². The van der Waals surface area contributed by atoms with E-state index in [1.807, 2.05) is 0 Å². The van der Waals surface area contributed by atoms with Crippen LogP contribution in [-0.2, 0) is 4.79 Å². The number of nitrogens with one attached hydrogen (secondary N) is 1. The predicted molar refractivity (Wildman–Crippen MR) is 66.7 cm³/mol. The van der Waals surface area contributed by atoms with Gasteiger partial charge in [0.15, 0.2) is 0 Å². The van der Waals surface area contributed by atoms with Gasteiger partial charge in [0, 0.05) is 25.2 Å². The molecule has 0 bridgehead atoms. The maximum Gasteiger partial charge on any atom is 0.240 e. The minimum Gasteiger partial charge on any atom is -0.396 e. The van der Waals surface area contributed by atoms with Crippen LogP contribution in [0.3, 0.4) is 0 Å². The molecular weight excluding hydrogens is 216 g/mol. The Hall–Kier alpha value is -0.610. The third-order valence-electron chi connectivity index (χ3n) is 4.05. The molecule has 2 atom stereocenters. The van der Waals surface area contributed by atoms with Crippen molar-refractivity contribution >= 4 is 5.91 Å². The standard InChI is InChI=1S/C13H24N2O2/c1-10-6-8-15(11-4-2-3-5-11)13(17)12(14-10)7-9-16/h10-12,14,16H,2-9H2,1H3. The molecule has 0 aromatic heterocycles. The van der Waals surface area contributed by atoms with Gasteiger partial charge in [0.2, 0.25) is 5.91 Å². The van der Waals surface area contributed by atoms with E-state index in [9.17, 15) is 4.79 Å². The summed E-state index contributed by atoms with van der Waals surface area (Å²) in [6.07, 6.45) is 6.37. The Morgan fingerprint density at radius 2 is 2.06 bits per heavy atom. The monoisotopic (exact) mass is 240 g/mol. The van der Waals surface area contributed by atoms with E-state index in [-0.39, 0.29) is 18.6 Å². The lowest BCUT2D eigenvalue weighted by Gasteiger charge is -2.29. The van der Waals surface area contributed by atoms with E-state index in [4.69, 9.17) is 5.11 Å². The highest BCUT2D eigenvalue weighted by atomic mass is 16.3. The van der Waals surface area contributed by atoms with Crippen molar-refractivity contribution in [3.8, 4) is 0 Å². The average molecular weight is 240 g/mol. The molecule has 1 amide bonds. The van der Waals surface area contributed by atoms with Crippen LogP contribution in [-0.4, -0.2) is 47.2 Å². The molecule has 4 nitrogen and oxygen atoms in total. The molecule has 1 heterocycles. The molecule has 2 aliphatic rings. The summed E-state index contributed by atoms with van der Waals surface area (Å²) in [5.41, 5.74) is 0. The van der Waals surface area contributed by atoms with Gasteiger partial charge in [-0.3, -0.25) is 4.79 Å². The Kier molecular flexibility index (Phi) is 4.40. The number of rotatable bonds is 3. The molecule has 4 heteroatoms. The Morgan fingerprint density at radius 1 is 1.35 bits per heavy atom. The first-order valence-electron chi connectivity index (χ1n) is 6.89. The van der Waals surface area contributed by atoms with Gasteiger partial charge in [-0.2, -0.15) is 0 Å². The summed E-state index contributed by atoms with van der Waals surface area (Å²) >= 11 is 0. The van der Waals surface area contributed by atoms with E-state index in [1.54, 1.807) is 0 Å². The third-order valence-corrected chi connectivity index (χ3v) is 4.05. The second kappa shape index (κ2) is 5.83. The molecule has 2 fully saturated rings. The molecule has 2 N–H and O–H groups in total. The van der Waals surface area contributed by atoms with Crippen LogP contribution in [0.4, 0.5) is 0 Å². The number of amides is 1. The highest BCUT2D eigenvalue weighted by molar-refractivity contribution is 5.82. The maximum absolute atomic E-state index is 12.4. The number of hydrogen-bond donors (Lipinski definition) is 2. The largest absolute Gasteiger partial charge is 0.396 e. The highest BCUT2D eigenvalue weighted by Gasteiger charge is 2.33. The summed E-state index contributed by atoms with van der Waals surface area (Å²) in [6.45, 7) is 3.07. The Balaban J connectivity index is 2.06. The summed E-state index contributed by atoms with van der Waals surface area (Å²) in [5.74, 6) is 0.204. The van der Waals surface area contributed by atoms with E-state index in [0.717, 1.165) is 25.8 Å². The summed E-state index contributed by atoms with van der Waals surface area (Å²) < 4.78 is 0. The Labute approximate surface area is 103 Å². The number of nitrogens with zero attached hydrogens (tertiary/aromatic N) is 1. The summed E-state index contributed by atoms with van der Waals surface area (Å²) in [5, 5.41) is 12.4. The second-order valence-electron chi connectivity index (χ2n) is 5.39. The van der Waals surface area contributed by atoms with Crippen LogP contribution in [0.15, 0.2) is 0 Å². The van der Waals surface area contributed by atoms with E-state index < -0.39 is 0 Å². The molecule has 0 aromatic rings. The van der Waals surface area contributed by atoms with E-state index in [1.165, 1.54) is 12.8 Å². The van der Waals surface area contributed by atoms with Gasteiger partial charge < -0.3 is 15.3 Å². The van der Waals surface area contributed by atoms with Gasteiger partial charge in [-0.05, 0) is 32.6 Å². The van der Waals surface area contributed by atoms with Crippen molar-refractivity contribution in [1.82, 2.24) is 10.2 Å². The summed E-state index contributed by atoms with van der Waals surface area (Å²) in [6, 6.07) is 0.635. The number of aliphatic hydroxyl groups is 1. The number of aliphatic hydroxyl groups excluding tert-OH is 1. The molecule has 0 aromatic carbocycles. The molecule has 17 heavy (non-hydrogen) atoms. The number of carbonyl (C=O) groups is 1. The van der Waals surface area contributed by atoms with Crippen molar-refractivity contribution in [2.75, 3.05) is 13.2 Å². The van der Waals surface area contributed by atoms with Crippen LogP contribution < -0.4 is 5.32 Å². The molecule has 2 unspecified atom stereocenters. The number of hydrogen-bond acceptors (Lipinski definition) is 3. The fraction of sp³-hybridized carbons (Fsp3) is 0.923. The minimum atomic E-state index is -0.182. The van der Waals surface area contributed by atoms with Crippen LogP contribution >= 0.6 is 0 Å². The van der Waals surface area contributed by atoms with Crippen molar-refractivity contribution in [3.63, 3.8) is 0 Å². The van der Waals surface area contributed by atoms with Crippen LogP contribution in [0.25, 0.3) is 0 Å². The first kappa shape index (κ1) is 12.8. The van der Waals surface area contributed by atoms with Crippen molar-refractivity contribution < 1.29 is 9.90 Å². The quantitative estimate of drug-likeness (QED) is 0.770. The minimum absolute atomic E-state index is 0.0780. The molecule has 1 aliphatic carbocycles. The first-order valence-corrected chi connectivity index (χ1v) is 6.89. The maximum atomic E-state index is 12.4. The zero-order chi connectivity index (χ0) is 12.3. The summed E-state index contributed by atoms with van der Waals surface area (Å²) in [7, 11) is 0. The van der Waals surface area contributed by atoms with Gasteiger partial charge in [0.1, 0.15) is 0 Å². The zero-order valence-corrected chi connectivity index (χ0v) is 10.7. The van der Waals surface area contributed by atoms with Gasteiger partial charge in [0.05, 0.1) is 6.04 Å². The Bertz CT molecular complexity index is 264. The lowest BCUT2D eigenvalue weighted by atomic mass is 10.1. The lowest BCUT2D eigenvalue weighted by molar-refractivity contribution is -0.135. The number of carbonyl (C=O) groups excluding carboxylic acids is 1. The van der Waals surface area contributed by atoms with E-state index in [0.29, 0.717) is 18.5 Å². The van der Waals surface area contributed by atoms with Crippen molar-refractivity contribution in [2.24, 2.45) is 0 Å². The van der Waals surface area contributed by atoms with Crippen LogP contribution in [0.1, 0.15) is 45.4 Å². The highest BCUT2D eigenvalue weighted by Crippen LogP contribution is 2.25. The Morgan fingerprint density at radius 3 is 2.71 bits per heavy atom. The fourth-order valence-corrected chi connectivity index (χ4v) is 3.06. The fourth-order valence-electron chi connectivity index (χ4n) is 3.06. The molecule has 1 saturated carbocycles. The van der Waals surface area contributed by atoms with Crippen molar-refractivity contribution in [3.05, 3.63) is 0 Å². The normalized spacial score (nSPS) is 31.9. The van der Waals surface area contributed by atoms with Crippen molar-refractivity contribution in [2.45, 2.75) is 63.6 Å². The zero-order valence-electron chi connectivity index (χ0n) is 10.7. The van der Waals surface area contributed by atoms with Gasteiger partial charge in [-0.15, -0.1) is 0 Å². The van der Waals surface area contributed by atoms with Gasteiger partial charge >= 0.3 is 0 Å². The van der Waals surface area contributed by atoms with E-state index in [2.05, 4.69) is 17.1 Å². The smallest absolute Gasteiger partial charge is 0.240 e. The molecule has 0 spiro atoms. The van der Waals surface area contributed by atoms with Crippen LogP contribution in [0, 0.1) is 0 Å².